The van der Waals surface area contributed by atoms with E-state index < -0.39 is 6.10 Å². The SMILES string of the molecule is C=CCOC[C@H](O)CN1CCN(c2nc(-c3ccccc3)nc(C)c2Cc2ccc([N+](=O)[O-])cc2)CC1. The highest BCUT2D eigenvalue weighted by Gasteiger charge is 2.24. The van der Waals surface area contributed by atoms with Gasteiger partial charge in [-0.1, -0.05) is 48.5 Å². The first kappa shape index (κ1) is 26.4. The summed E-state index contributed by atoms with van der Waals surface area (Å²) in [5.74, 6) is 1.57. The number of anilines is 1. The second-order valence-corrected chi connectivity index (χ2v) is 9.17. The lowest BCUT2D eigenvalue weighted by Crippen LogP contribution is -2.49. The quantitative estimate of drug-likeness (QED) is 0.183. The molecule has 0 saturated carbocycles. The number of aromatic nitrogens is 2. The number of benzene rings is 2. The first-order valence-electron chi connectivity index (χ1n) is 12.4. The van der Waals surface area contributed by atoms with Crippen molar-refractivity contribution in [2.75, 3.05) is 50.8 Å². The van der Waals surface area contributed by atoms with Crippen LogP contribution in [0.4, 0.5) is 11.5 Å². The summed E-state index contributed by atoms with van der Waals surface area (Å²) >= 11 is 0. The van der Waals surface area contributed by atoms with Gasteiger partial charge in [0.05, 0.1) is 24.2 Å². The molecule has 0 spiro atoms. The van der Waals surface area contributed by atoms with E-state index in [0.29, 0.717) is 25.4 Å². The average molecular weight is 504 g/mol. The number of piperazine rings is 1. The molecule has 1 aliphatic heterocycles. The molecule has 9 heteroatoms. The summed E-state index contributed by atoms with van der Waals surface area (Å²) in [7, 11) is 0. The molecule has 0 unspecified atom stereocenters. The van der Waals surface area contributed by atoms with E-state index in [1.807, 2.05) is 37.3 Å². The van der Waals surface area contributed by atoms with Gasteiger partial charge in [0.15, 0.2) is 5.82 Å². The van der Waals surface area contributed by atoms with E-state index in [1.165, 1.54) is 12.1 Å². The number of ether oxygens (including phenoxy) is 1. The predicted molar refractivity (Wildman–Crippen MR) is 144 cm³/mol. The fourth-order valence-corrected chi connectivity index (χ4v) is 4.49. The Hall–Kier alpha value is -3.66. The van der Waals surface area contributed by atoms with Crippen LogP contribution in [0.1, 0.15) is 16.8 Å². The highest BCUT2D eigenvalue weighted by molar-refractivity contribution is 5.61. The zero-order valence-electron chi connectivity index (χ0n) is 21.1. The van der Waals surface area contributed by atoms with Crippen LogP contribution in [0.15, 0.2) is 67.3 Å². The van der Waals surface area contributed by atoms with E-state index >= 15 is 0 Å². The van der Waals surface area contributed by atoms with Crippen LogP contribution in [0.2, 0.25) is 0 Å². The molecular formula is C28H33N5O4. The highest BCUT2D eigenvalue weighted by atomic mass is 16.6. The molecule has 37 heavy (non-hydrogen) atoms. The molecule has 9 nitrogen and oxygen atoms in total. The van der Waals surface area contributed by atoms with Crippen molar-refractivity contribution in [3.8, 4) is 11.4 Å². The summed E-state index contributed by atoms with van der Waals surface area (Å²) in [6.07, 6.45) is 1.70. The fourth-order valence-electron chi connectivity index (χ4n) is 4.49. The molecule has 1 fully saturated rings. The van der Waals surface area contributed by atoms with Crippen molar-refractivity contribution in [2.45, 2.75) is 19.4 Å². The number of nitro groups is 1. The Morgan fingerprint density at radius 2 is 1.81 bits per heavy atom. The van der Waals surface area contributed by atoms with Crippen LogP contribution in [0, 0.1) is 17.0 Å². The zero-order valence-corrected chi connectivity index (χ0v) is 21.1. The van der Waals surface area contributed by atoms with E-state index in [2.05, 4.69) is 16.4 Å². The molecule has 0 aliphatic carbocycles. The maximum atomic E-state index is 11.1. The number of nitrogens with zero attached hydrogens (tertiary/aromatic N) is 5. The molecule has 4 rings (SSSR count). The molecule has 1 aromatic heterocycles. The van der Waals surface area contributed by atoms with Crippen molar-refractivity contribution in [3.63, 3.8) is 0 Å². The van der Waals surface area contributed by atoms with Crippen LogP contribution in [0.5, 0.6) is 0 Å². The van der Waals surface area contributed by atoms with Crippen molar-refractivity contribution < 1.29 is 14.8 Å². The lowest BCUT2D eigenvalue weighted by molar-refractivity contribution is -0.384. The molecule has 3 aromatic rings. The fraction of sp³-hybridized carbons (Fsp3) is 0.357. The normalized spacial score (nSPS) is 14.9. The third kappa shape index (κ3) is 6.97. The number of hydrogen-bond donors (Lipinski definition) is 1. The summed E-state index contributed by atoms with van der Waals surface area (Å²) in [4.78, 5) is 25.0. The van der Waals surface area contributed by atoms with Crippen LogP contribution in [0.3, 0.4) is 0 Å². The first-order valence-corrected chi connectivity index (χ1v) is 12.4. The molecular weight excluding hydrogens is 470 g/mol. The van der Waals surface area contributed by atoms with Crippen LogP contribution in [0.25, 0.3) is 11.4 Å². The van der Waals surface area contributed by atoms with Gasteiger partial charge in [-0.2, -0.15) is 0 Å². The number of nitro benzene ring substituents is 1. The van der Waals surface area contributed by atoms with E-state index in [-0.39, 0.29) is 17.2 Å². The number of rotatable bonds is 11. The number of aryl methyl sites for hydroxylation is 1. The molecule has 2 heterocycles. The van der Waals surface area contributed by atoms with Crippen molar-refractivity contribution in [2.24, 2.45) is 0 Å². The van der Waals surface area contributed by atoms with Crippen LogP contribution >= 0.6 is 0 Å². The third-order valence-corrected chi connectivity index (χ3v) is 6.44. The van der Waals surface area contributed by atoms with Gasteiger partial charge in [0.25, 0.3) is 5.69 Å². The van der Waals surface area contributed by atoms with E-state index in [9.17, 15) is 15.2 Å². The molecule has 1 atom stereocenters. The van der Waals surface area contributed by atoms with Gasteiger partial charge in [-0.15, -0.1) is 6.58 Å². The summed E-state index contributed by atoms with van der Waals surface area (Å²) in [6.45, 7) is 10.00. The van der Waals surface area contributed by atoms with E-state index in [0.717, 1.165) is 54.4 Å². The van der Waals surface area contributed by atoms with Gasteiger partial charge in [0, 0.05) is 68.1 Å². The summed E-state index contributed by atoms with van der Waals surface area (Å²) in [5.41, 5.74) is 3.89. The van der Waals surface area contributed by atoms with Crippen LogP contribution in [-0.2, 0) is 11.2 Å². The van der Waals surface area contributed by atoms with Gasteiger partial charge in [-0.3, -0.25) is 15.0 Å². The van der Waals surface area contributed by atoms with Crippen molar-refractivity contribution >= 4 is 11.5 Å². The van der Waals surface area contributed by atoms with E-state index in [4.69, 9.17) is 14.7 Å². The molecule has 0 amide bonds. The summed E-state index contributed by atoms with van der Waals surface area (Å²) in [6, 6.07) is 16.6. The molecule has 1 aliphatic rings. The van der Waals surface area contributed by atoms with Crippen LogP contribution < -0.4 is 4.90 Å². The smallest absolute Gasteiger partial charge is 0.269 e. The maximum Gasteiger partial charge on any atom is 0.269 e. The topological polar surface area (TPSA) is 105 Å². The minimum atomic E-state index is -0.546. The third-order valence-electron chi connectivity index (χ3n) is 6.44. The second-order valence-electron chi connectivity index (χ2n) is 9.17. The summed E-state index contributed by atoms with van der Waals surface area (Å²) < 4.78 is 5.38. The predicted octanol–water partition coefficient (Wildman–Crippen LogP) is 3.64. The minimum absolute atomic E-state index is 0.0737. The lowest BCUT2D eigenvalue weighted by Gasteiger charge is -2.37. The molecule has 0 bridgehead atoms. The highest BCUT2D eigenvalue weighted by Crippen LogP contribution is 2.29. The Bertz CT molecular complexity index is 1200. The van der Waals surface area contributed by atoms with Crippen molar-refractivity contribution in [1.82, 2.24) is 14.9 Å². The Morgan fingerprint density at radius 3 is 2.46 bits per heavy atom. The van der Waals surface area contributed by atoms with Crippen molar-refractivity contribution in [1.29, 1.82) is 0 Å². The average Bonchev–Trinajstić information content (AvgIpc) is 2.91. The number of aliphatic hydroxyl groups excluding tert-OH is 1. The Morgan fingerprint density at radius 1 is 1.11 bits per heavy atom. The Kier molecular flexibility index (Phi) is 8.95. The molecule has 1 saturated heterocycles. The summed E-state index contributed by atoms with van der Waals surface area (Å²) in [5, 5.41) is 21.4. The van der Waals surface area contributed by atoms with Gasteiger partial charge in [-0.05, 0) is 12.5 Å². The Labute approximate surface area is 217 Å². The monoisotopic (exact) mass is 503 g/mol. The minimum Gasteiger partial charge on any atom is -0.389 e. The van der Waals surface area contributed by atoms with Gasteiger partial charge >= 0.3 is 0 Å². The van der Waals surface area contributed by atoms with Gasteiger partial charge in [-0.25, -0.2) is 9.97 Å². The lowest BCUT2D eigenvalue weighted by atomic mass is 10.0. The number of hydrogen-bond acceptors (Lipinski definition) is 8. The van der Waals surface area contributed by atoms with Gasteiger partial charge < -0.3 is 14.7 Å². The van der Waals surface area contributed by atoms with Crippen LogP contribution in [-0.4, -0.2) is 76.9 Å². The van der Waals surface area contributed by atoms with Crippen molar-refractivity contribution in [3.05, 3.63) is 94.2 Å². The molecule has 2 aromatic carbocycles. The first-order chi connectivity index (χ1) is 17.9. The maximum absolute atomic E-state index is 11.1. The number of β-amino-alcohol motifs (C(OH)–C–C–N with tert-alkyl or cyclic N) is 1. The molecule has 1 N–H and O–H groups in total. The second kappa shape index (κ2) is 12.5. The van der Waals surface area contributed by atoms with Gasteiger partial charge in [0.1, 0.15) is 5.82 Å². The van der Waals surface area contributed by atoms with Gasteiger partial charge in [0.2, 0.25) is 0 Å². The standard InChI is InChI=1S/C28H33N5O4/c1-3-17-37-20-25(34)19-31-13-15-32(16-14-31)28-26(18-22-9-11-24(12-10-22)33(35)36)21(2)29-27(30-28)23-7-5-4-6-8-23/h3-12,25,34H,1,13-20H2,2H3/t25-/m1/s1. The molecule has 194 valence electrons. The zero-order chi connectivity index (χ0) is 26.2. The largest absolute Gasteiger partial charge is 0.389 e. The Balaban J connectivity index is 1.55. The molecule has 0 radical (unpaired) electrons. The number of aliphatic hydroxyl groups is 1. The van der Waals surface area contributed by atoms with E-state index in [1.54, 1.807) is 18.2 Å². The number of non-ortho nitro benzene ring substituents is 1.